The van der Waals surface area contributed by atoms with Crippen molar-refractivity contribution in [3.8, 4) is 5.75 Å². The Morgan fingerprint density at radius 2 is 1.96 bits per heavy atom. The Balaban J connectivity index is 1.60. The van der Waals surface area contributed by atoms with Crippen molar-refractivity contribution >= 4 is 34.0 Å². The number of benzene rings is 2. The van der Waals surface area contributed by atoms with E-state index in [2.05, 4.69) is 10.3 Å². The average Bonchev–Trinajstić information content (AvgIpc) is 3.15. The summed E-state index contributed by atoms with van der Waals surface area (Å²) in [5.74, 6) is -0.599. The van der Waals surface area contributed by atoms with Crippen LogP contribution in [0.5, 0.6) is 5.75 Å². The molecule has 0 bridgehead atoms. The molecule has 2 N–H and O–H groups in total. The van der Waals surface area contributed by atoms with Crippen molar-refractivity contribution in [3.63, 3.8) is 0 Å². The van der Waals surface area contributed by atoms with Crippen molar-refractivity contribution in [2.45, 2.75) is 19.3 Å². The van der Waals surface area contributed by atoms with E-state index in [1.807, 2.05) is 43.3 Å². The summed E-state index contributed by atoms with van der Waals surface area (Å²) < 4.78 is 5.23. The van der Waals surface area contributed by atoms with Crippen molar-refractivity contribution in [1.29, 1.82) is 0 Å². The fourth-order valence-corrected chi connectivity index (χ4v) is 3.53. The largest absolute Gasteiger partial charge is 0.497 e. The van der Waals surface area contributed by atoms with E-state index < -0.39 is 5.97 Å². The molecule has 1 unspecified atom stereocenters. The number of aromatic carboxylic acids is 1. The van der Waals surface area contributed by atoms with Gasteiger partial charge in [-0.3, -0.25) is 4.79 Å². The van der Waals surface area contributed by atoms with E-state index in [9.17, 15) is 9.59 Å². The molecule has 0 saturated heterocycles. The monoisotopic (exact) mass is 384 g/mol. The summed E-state index contributed by atoms with van der Waals surface area (Å²) >= 11 is 1.29. The third kappa shape index (κ3) is 4.43. The highest BCUT2D eigenvalue weighted by molar-refractivity contribution is 7.09. The fraction of sp³-hybridized carbons (Fsp3) is 0.250. The predicted octanol–water partition coefficient (Wildman–Crippen LogP) is 3.47. The van der Waals surface area contributed by atoms with E-state index in [1.165, 1.54) is 16.7 Å². The first-order chi connectivity index (χ1) is 13.0. The Bertz CT molecular complexity index is 983. The van der Waals surface area contributed by atoms with Gasteiger partial charge >= 0.3 is 5.97 Å². The van der Waals surface area contributed by atoms with E-state index in [-0.39, 0.29) is 17.5 Å². The molecule has 1 amide bonds. The number of ether oxygens (including phenoxy) is 1. The van der Waals surface area contributed by atoms with E-state index >= 15 is 0 Å². The average molecular weight is 384 g/mol. The molecule has 0 fully saturated rings. The van der Waals surface area contributed by atoms with E-state index in [1.54, 1.807) is 7.11 Å². The quantitative estimate of drug-likeness (QED) is 0.651. The van der Waals surface area contributed by atoms with E-state index in [4.69, 9.17) is 9.84 Å². The van der Waals surface area contributed by atoms with Gasteiger partial charge in [0.15, 0.2) is 5.69 Å². The van der Waals surface area contributed by atoms with Gasteiger partial charge in [0.05, 0.1) is 18.0 Å². The maximum absolute atomic E-state index is 12.4. The van der Waals surface area contributed by atoms with Gasteiger partial charge in [-0.15, -0.1) is 11.3 Å². The highest BCUT2D eigenvalue weighted by atomic mass is 32.1. The SMILES string of the molecule is COc1ccc2cc(C(C)C(=O)NCCc3nc(C(=O)O)cs3)ccc2c1. The number of aromatic nitrogens is 1. The van der Waals surface area contributed by atoms with E-state index in [0.29, 0.717) is 18.0 Å². The Morgan fingerprint density at radius 3 is 2.67 bits per heavy atom. The summed E-state index contributed by atoms with van der Waals surface area (Å²) in [5.41, 5.74) is 0.982. The number of carbonyl (C=O) groups is 2. The van der Waals surface area contributed by atoms with Crippen LogP contribution in [0.25, 0.3) is 10.8 Å². The fourth-order valence-electron chi connectivity index (χ4n) is 2.76. The van der Waals surface area contributed by atoms with Crippen molar-refractivity contribution in [1.82, 2.24) is 10.3 Å². The zero-order valence-corrected chi connectivity index (χ0v) is 15.9. The number of amides is 1. The maximum Gasteiger partial charge on any atom is 0.355 e. The van der Waals surface area contributed by atoms with E-state index in [0.717, 1.165) is 22.1 Å². The van der Waals surface area contributed by atoms with Gasteiger partial charge in [-0.25, -0.2) is 9.78 Å². The number of nitrogens with zero attached hydrogens (tertiary/aromatic N) is 1. The number of carboxylic acid groups (broad SMARTS) is 1. The summed E-state index contributed by atoms with van der Waals surface area (Å²) in [5, 5.41) is 16.1. The van der Waals surface area contributed by atoms with Gasteiger partial charge in [-0.1, -0.05) is 24.3 Å². The molecule has 0 saturated carbocycles. The molecule has 27 heavy (non-hydrogen) atoms. The normalized spacial score (nSPS) is 11.9. The van der Waals surface area contributed by atoms with Gasteiger partial charge in [0.2, 0.25) is 5.91 Å². The molecule has 7 heteroatoms. The Hall–Kier alpha value is -2.93. The molecule has 0 radical (unpaired) electrons. The molecule has 0 spiro atoms. The second-order valence-electron chi connectivity index (χ2n) is 6.17. The molecule has 1 heterocycles. The Kier molecular flexibility index (Phi) is 5.71. The number of carbonyl (C=O) groups excluding carboxylic acids is 1. The summed E-state index contributed by atoms with van der Waals surface area (Å²) in [7, 11) is 1.64. The van der Waals surface area contributed by atoms with Crippen LogP contribution in [0.4, 0.5) is 0 Å². The molecule has 6 nitrogen and oxygen atoms in total. The highest BCUT2D eigenvalue weighted by Gasteiger charge is 2.16. The minimum Gasteiger partial charge on any atom is -0.497 e. The number of thiazole rings is 1. The first kappa shape index (κ1) is 18.8. The minimum atomic E-state index is -1.04. The van der Waals surface area contributed by atoms with Gasteiger partial charge in [0, 0.05) is 18.3 Å². The van der Waals surface area contributed by atoms with Crippen LogP contribution in [0, 0.1) is 0 Å². The standard InChI is InChI=1S/C20H20N2O4S/c1-12(13-3-4-15-10-16(26-2)6-5-14(15)9-13)19(23)21-8-7-18-22-17(11-27-18)20(24)25/h3-6,9-12H,7-8H2,1-2H3,(H,21,23)(H,24,25). The van der Waals surface area contributed by atoms with Crippen LogP contribution in [0.2, 0.25) is 0 Å². The molecule has 2 aromatic carbocycles. The van der Waals surface area contributed by atoms with Crippen LogP contribution >= 0.6 is 11.3 Å². The smallest absolute Gasteiger partial charge is 0.355 e. The van der Waals surface area contributed by atoms with Crippen LogP contribution in [0.1, 0.15) is 33.9 Å². The summed E-state index contributed by atoms with van der Waals surface area (Å²) in [6.45, 7) is 2.28. The Morgan fingerprint density at radius 1 is 1.22 bits per heavy atom. The lowest BCUT2D eigenvalue weighted by Crippen LogP contribution is -2.29. The van der Waals surface area contributed by atoms with Crippen molar-refractivity contribution in [3.05, 3.63) is 58.0 Å². The molecule has 1 atom stereocenters. The van der Waals surface area contributed by atoms with Crippen molar-refractivity contribution < 1.29 is 19.4 Å². The molecule has 0 aliphatic heterocycles. The molecule has 0 aliphatic rings. The number of carboxylic acids is 1. The van der Waals surface area contributed by atoms with Crippen LogP contribution < -0.4 is 10.1 Å². The van der Waals surface area contributed by atoms with Crippen LogP contribution in [-0.2, 0) is 11.2 Å². The molecule has 1 aromatic heterocycles. The van der Waals surface area contributed by atoms with Crippen molar-refractivity contribution in [2.75, 3.05) is 13.7 Å². The zero-order chi connectivity index (χ0) is 19.4. The summed E-state index contributed by atoms with van der Waals surface area (Å²) in [6, 6.07) is 11.8. The first-order valence-corrected chi connectivity index (χ1v) is 9.39. The van der Waals surface area contributed by atoms with Gasteiger partial charge in [-0.2, -0.15) is 0 Å². The van der Waals surface area contributed by atoms with Gasteiger partial charge in [-0.05, 0) is 35.4 Å². The van der Waals surface area contributed by atoms with Crippen molar-refractivity contribution in [2.24, 2.45) is 0 Å². The maximum atomic E-state index is 12.4. The molecule has 0 aliphatic carbocycles. The number of nitrogens with one attached hydrogen (secondary N) is 1. The predicted molar refractivity (Wildman–Crippen MR) is 105 cm³/mol. The second kappa shape index (κ2) is 8.18. The molecule has 3 aromatic rings. The van der Waals surface area contributed by atoms with Gasteiger partial charge in [0.25, 0.3) is 0 Å². The number of rotatable bonds is 7. The van der Waals surface area contributed by atoms with Gasteiger partial charge in [0.1, 0.15) is 5.75 Å². The number of methoxy groups -OCH3 is 1. The number of fused-ring (bicyclic) bond motifs is 1. The molecule has 3 rings (SSSR count). The number of hydrogen-bond donors (Lipinski definition) is 2. The zero-order valence-electron chi connectivity index (χ0n) is 15.1. The third-order valence-electron chi connectivity index (χ3n) is 4.37. The molecular weight excluding hydrogens is 364 g/mol. The first-order valence-electron chi connectivity index (χ1n) is 8.51. The lowest BCUT2D eigenvalue weighted by molar-refractivity contribution is -0.122. The molecule has 140 valence electrons. The minimum absolute atomic E-state index is 0.0440. The number of hydrogen-bond acceptors (Lipinski definition) is 5. The third-order valence-corrected chi connectivity index (χ3v) is 5.28. The Labute approximate surface area is 160 Å². The van der Waals surface area contributed by atoms with Crippen LogP contribution in [-0.4, -0.2) is 35.6 Å². The summed E-state index contributed by atoms with van der Waals surface area (Å²) in [4.78, 5) is 27.3. The molecular formula is C20H20N2O4S. The van der Waals surface area contributed by atoms with Crippen LogP contribution in [0.3, 0.4) is 0 Å². The van der Waals surface area contributed by atoms with Crippen LogP contribution in [0.15, 0.2) is 41.8 Å². The second-order valence-corrected chi connectivity index (χ2v) is 7.11. The highest BCUT2D eigenvalue weighted by Crippen LogP contribution is 2.25. The lowest BCUT2D eigenvalue weighted by atomic mass is 9.97. The van der Waals surface area contributed by atoms with Gasteiger partial charge < -0.3 is 15.2 Å². The topological polar surface area (TPSA) is 88.5 Å². The lowest BCUT2D eigenvalue weighted by Gasteiger charge is -2.13. The summed E-state index contributed by atoms with van der Waals surface area (Å²) in [6.07, 6.45) is 0.508.